The Balaban J connectivity index is 1.61. The van der Waals surface area contributed by atoms with E-state index in [9.17, 15) is 13.2 Å². The molecule has 0 spiro atoms. The van der Waals surface area contributed by atoms with Crippen LogP contribution in [0, 0.1) is 6.92 Å². The molecule has 6 nitrogen and oxygen atoms in total. The van der Waals surface area contributed by atoms with Crippen LogP contribution in [-0.2, 0) is 23.2 Å². The molecule has 0 aliphatic carbocycles. The lowest BCUT2D eigenvalue weighted by Crippen LogP contribution is -2.09. The fourth-order valence-electron chi connectivity index (χ4n) is 3.79. The van der Waals surface area contributed by atoms with E-state index in [0.29, 0.717) is 36.0 Å². The number of carbonyl (C=O) groups is 1. The van der Waals surface area contributed by atoms with E-state index in [-0.39, 0.29) is 5.78 Å². The van der Waals surface area contributed by atoms with Crippen molar-refractivity contribution in [2.24, 2.45) is 0 Å². The summed E-state index contributed by atoms with van der Waals surface area (Å²) >= 11 is 0. The fourth-order valence-corrected chi connectivity index (χ4v) is 4.36. The summed E-state index contributed by atoms with van der Waals surface area (Å²) in [7, 11) is -3.37. The monoisotopic (exact) mass is 527 g/mol. The molecule has 38 heavy (non-hydrogen) atoms. The van der Waals surface area contributed by atoms with Crippen LogP contribution in [0.15, 0.2) is 103 Å². The summed E-state index contributed by atoms with van der Waals surface area (Å²) in [5.74, 6) is 0.619. The van der Waals surface area contributed by atoms with E-state index in [0.717, 1.165) is 28.5 Å². The number of hydrogen-bond acceptors (Lipinski definition) is 5. The standard InChI is InChI=1S/C31H29NO5S/c1-23-19-29(36-21-25-9-5-3-6-10-25)31(30(20-23)37-22-26-11-7-4-8-12-26)28(33)18-15-24-13-16-27(17-14-24)32-38(2,34)35/h3-20,32H,21-22H2,1-2H3/b18-15+. The predicted octanol–water partition coefficient (Wildman–Crippen LogP) is 6.42. The minimum absolute atomic E-state index is 0.269. The number of sulfonamides is 1. The van der Waals surface area contributed by atoms with Crippen molar-refractivity contribution in [3.8, 4) is 11.5 Å². The molecule has 4 rings (SSSR count). The molecule has 4 aromatic rings. The molecule has 1 N–H and O–H groups in total. The zero-order chi connectivity index (χ0) is 27.0. The highest BCUT2D eigenvalue weighted by Gasteiger charge is 2.19. The van der Waals surface area contributed by atoms with Gasteiger partial charge in [-0.1, -0.05) is 78.9 Å². The lowest BCUT2D eigenvalue weighted by molar-refractivity contribution is 0.103. The molecule has 0 saturated heterocycles. The van der Waals surface area contributed by atoms with Gasteiger partial charge in [0.2, 0.25) is 10.0 Å². The van der Waals surface area contributed by atoms with E-state index in [1.54, 1.807) is 30.3 Å². The SMILES string of the molecule is Cc1cc(OCc2ccccc2)c(C(=O)/C=C/c2ccc(NS(C)(=O)=O)cc2)c(OCc2ccccc2)c1. The molecule has 0 aliphatic rings. The van der Waals surface area contributed by atoms with Crippen molar-refractivity contribution < 1.29 is 22.7 Å². The van der Waals surface area contributed by atoms with Gasteiger partial charge >= 0.3 is 0 Å². The molecule has 0 bridgehead atoms. The predicted molar refractivity (Wildman–Crippen MR) is 151 cm³/mol. The summed E-state index contributed by atoms with van der Waals surface area (Å²) in [4.78, 5) is 13.5. The Bertz CT molecular complexity index is 1450. The Kier molecular flexibility index (Phi) is 8.61. The van der Waals surface area contributed by atoms with E-state index in [2.05, 4.69) is 4.72 Å². The summed E-state index contributed by atoms with van der Waals surface area (Å²) in [6, 6.07) is 29.9. The van der Waals surface area contributed by atoms with Crippen molar-refractivity contribution in [3.63, 3.8) is 0 Å². The van der Waals surface area contributed by atoms with Gasteiger partial charge in [0.25, 0.3) is 0 Å². The van der Waals surface area contributed by atoms with Crippen LogP contribution < -0.4 is 14.2 Å². The summed E-state index contributed by atoms with van der Waals surface area (Å²) in [6.45, 7) is 2.55. The number of allylic oxidation sites excluding steroid dienone is 1. The van der Waals surface area contributed by atoms with Gasteiger partial charge in [0.15, 0.2) is 5.78 Å². The molecule has 0 atom stereocenters. The summed E-state index contributed by atoms with van der Waals surface area (Å²) in [5, 5.41) is 0. The highest BCUT2D eigenvalue weighted by molar-refractivity contribution is 7.92. The van der Waals surface area contributed by atoms with E-state index in [4.69, 9.17) is 9.47 Å². The number of anilines is 1. The topological polar surface area (TPSA) is 81.7 Å². The van der Waals surface area contributed by atoms with E-state index >= 15 is 0 Å². The number of benzene rings is 4. The smallest absolute Gasteiger partial charge is 0.229 e. The van der Waals surface area contributed by atoms with Crippen molar-refractivity contribution in [1.82, 2.24) is 0 Å². The molecule has 0 saturated carbocycles. The van der Waals surface area contributed by atoms with Gasteiger partial charge in [0.05, 0.1) is 6.26 Å². The van der Waals surface area contributed by atoms with E-state index < -0.39 is 10.0 Å². The second-order valence-corrected chi connectivity index (χ2v) is 10.6. The minimum Gasteiger partial charge on any atom is -0.488 e. The van der Waals surface area contributed by atoms with Crippen molar-refractivity contribution in [3.05, 3.63) is 131 Å². The average molecular weight is 528 g/mol. The number of aryl methyl sites for hydroxylation is 1. The van der Waals surface area contributed by atoms with Crippen molar-refractivity contribution in [1.29, 1.82) is 0 Å². The van der Waals surface area contributed by atoms with Gasteiger partial charge in [-0.25, -0.2) is 8.42 Å². The third-order valence-electron chi connectivity index (χ3n) is 5.57. The Morgan fingerprint density at radius 3 is 1.76 bits per heavy atom. The molecule has 194 valence electrons. The molecule has 0 radical (unpaired) electrons. The number of rotatable bonds is 11. The first-order chi connectivity index (χ1) is 18.3. The lowest BCUT2D eigenvalue weighted by Gasteiger charge is -2.16. The van der Waals surface area contributed by atoms with Crippen molar-refractivity contribution in [2.75, 3.05) is 11.0 Å². The van der Waals surface area contributed by atoms with Gasteiger partial charge in [-0.2, -0.15) is 0 Å². The van der Waals surface area contributed by atoms with Crippen LogP contribution in [0.3, 0.4) is 0 Å². The van der Waals surface area contributed by atoms with E-state index in [1.165, 1.54) is 6.08 Å². The highest BCUT2D eigenvalue weighted by Crippen LogP contribution is 2.33. The molecule has 0 heterocycles. The number of carbonyl (C=O) groups excluding carboxylic acids is 1. The van der Waals surface area contributed by atoms with Gasteiger partial charge < -0.3 is 9.47 Å². The number of ketones is 1. The molecular formula is C31H29NO5S. The van der Waals surface area contributed by atoms with Gasteiger partial charge in [-0.15, -0.1) is 0 Å². The summed E-state index contributed by atoms with van der Waals surface area (Å²) in [6.07, 6.45) is 4.23. The maximum atomic E-state index is 13.5. The normalized spacial score (nSPS) is 11.3. The zero-order valence-corrected chi connectivity index (χ0v) is 22.1. The first kappa shape index (κ1) is 26.7. The number of hydrogen-bond donors (Lipinski definition) is 1. The van der Waals surface area contributed by atoms with Crippen LogP contribution in [-0.4, -0.2) is 20.5 Å². The first-order valence-electron chi connectivity index (χ1n) is 12.1. The molecule has 0 fully saturated rings. The quantitative estimate of drug-likeness (QED) is 0.180. The molecule has 0 aromatic heterocycles. The summed E-state index contributed by atoms with van der Waals surface area (Å²) < 4.78 is 37.6. The minimum atomic E-state index is -3.37. The third kappa shape index (κ3) is 7.82. The molecule has 0 aliphatic heterocycles. The Hall–Kier alpha value is -4.36. The maximum Gasteiger partial charge on any atom is 0.229 e. The Morgan fingerprint density at radius 1 is 0.789 bits per heavy atom. The zero-order valence-electron chi connectivity index (χ0n) is 21.3. The van der Waals surface area contributed by atoms with Gasteiger partial charge in [0.1, 0.15) is 30.3 Å². The van der Waals surface area contributed by atoms with Gasteiger partial charge in [-0.3, -0.25) is 9.52 Å². The van der Waals surface area contributed by atoms with Crippen LogP contribution in [0.1, 0.15) is 32.6 Å². The van der Waals surface area contributed by atoms with Crippen LogP contribution in [0.2, 0.25) is 0 Å². The Morgan fingerprint density at radius 2 is 1.29 bits per heavy atom. The van der Waals surface area contributed by atoms with Crippen LogP contribution in [0.5, 0.6) is 11.5 Å². The third-order valence-corrected chi connectivity index (χ3v) is 6.18. The molecule has 4 aromatic carbocycles. The van der Waals surface area contributed by atoms with Crippen molar-refractivity contribution in [2.45, 2.75) is 20.1 Å². The second-order valence-electron chi connectivity index (χ2n) is 8.88. The molecule has 7 heteroatoms. The largest absolute Gasteiger partial charge is 0.488 e. The van der Waals surface area contributed by atoms with Crippen LogP contribution >= 0.6 is 0 Å². The lowest BCUT2D eigenvalue weighted by atomic mass is 10.0. The molecule has 0 unspecified atom stereocenters. The highest BCUT2D eigenvalue weighted by atomic mass is 32.2. The van der Waals surface area contributed by atoms with Crippen LogP contribution in [0.4, 0.5) is 5.69 Å². The van der Waals surface area contributed by atoms with Gasteiger partial charge in [0, 0.05) is 5.69 Å². The second kappa shape index (κ2) is 12.3. The Labute approximate surface area is 223 Å². The van der Waals surface area contributed by atoms with Crippen molar-refractivity contribution >= 4 is 27.6 Å². The first-order valence-corrected chi connectivity index (χ1v) is 13.9. The number of nitrogens with one attached hydrogen (secondary N) is 1. The summed E-state index contributed by atoms with van der Waals surface area (Å²) in [5.41, 5.74) is 4.40. The molecular weight excluding hydrogens is 498 g/mol. The van der Waals surface area contributed by atoms with Crippen LogP contribution in [0.25, 0.3) is 6.08 Å². The van der Waals surface area contributed by atoms with E-state index in [1.807, 2.05) is 79.7 Å². The molecule has 0 amide bonds. The number of ether oxygens (including phenoxy) is 2. The average Bonchev–Trinajstić information content (AvgIpc) is 2.90. The van der Waals surface area contributed by atoms with Gasteiger partial charge in [-0.05, 0) is 59.5 Å². The fraction of sp³-hybridized carbons (Fsp3) is 0.129. The maximum absolute atomic E-state index is 13.5.